The van der Waals surface area contributed by atoms with Crippen molar-refractivity contribution in [2.75, 3.05) is 7.11 Å². The summed E-state index contributed by atoms with van der Waals surface area (Å²) < 4.78 is 12.6. The number of aromatic carboxylic acids is 1. The highest BCUT2D eigenvalue weighted by Crippen LogP contribution is 2.32. The summed E-state index contributed by atoms with van der Waals surface area (Å²) >= 11 is 6.39. The Bertz CT molecular complexity index is 1240. The maximum Gasteiger partial charge on any atom is 0.335 e. The molecule has 4 rings (SSSR count). The fourth-order valence-electron chi connectivity index (χ4n) is 3.21. The molecule has 2 heterocycles. The summed E-state index contributed by atoms with van der Waals surface area (Å²) in [5, 5.41) is 13.8. The zero-order valence-electron chi connectivity index (χ0n) is 16.4. The second-order valence-electron chi connectivity index (χ2n) is 6.60. The minimum Gasteiger partial charge on any atom is -0.496 e. The second-order valence-corrected chi connectivity index (χ2v) is 7.00. The third-order valence-electron chi connectivity index (χ3n) is 4.75. The van der Waals surface area contributed by atoms with E-state index in [0.717, 1.165) is 16.9 Å². The van der Waals surface area contributed by atoms with Crippen molar-refractivity contribution in [1.29, 1.82) is 0 Å². The number of hydrogen-bond acceptors (Lipinski definition) is 6. The van der Waals surface area contributed by atoms with Gasteiger partial charge in [-0.25, -0.2) is 9.78 Å². The minimum atomic E-state index is -1.05. The number of rotatable bonds is 5. The van der Waals surface area contributed by atoms with Gasteiger partial charge in [0.15, 0.2) is 0 Å². The topological polar surface area (TPSA) is 103 Å². The number of carbonyl (C=O) groups is 1. The molecule has 9 heteroatoms. The first-order chi connectivity index (χ1) is 14.4. The Kier molecular flexibility index (Phi) is 5.01. The number of aryl methyl sites for hydroxylation is 1. The monoisotopic (exact) mass is 424 g/mol. The van der Waals surface area contributed by atoms with Gasteiger partial charge in [0.05, 0.1) is 34.6 Å². The lowest BCUT2D eigenvalue weighted by Gasteiger charge is -2.10. The van der Waals surface area contributed by atoms with Gasteiger partial charge in [0.1, 0.15) is 17.8 Å². The van der Waals surface area contributed by atoms with Gasteiger partial charge in [-0.3, -0.25) is 0 Å². The van der Waals surface area contributed by atoms with Crippen molar-refractivity contribution in [2.24, 2.45) is 0 Å². The summed E-state index contributed by atoms with van der Waals surface area (Å²) in [5.74, 6) is -0.224. The molecule has 8 nitrogen and oxygen atoms in total. The Hall–Kier alpha value is -3.65. The number of carboxylic acid groups (broad SMARTS) is 1. The molecule has 0 fully saturated rings. The van der Waals surface area contributed by atoms with Gasteiger partial charge < -0.3 is 18.9 Å². The zero-order chi connectivity index (χ0) is 21.4. The number of imidazole rings is 1. The number of nitrogens with zero attached hydrogens (tertiary/aromatic N) is 4. The Morgan fingerprint density at radius 1 is 1.23 bits per heavy atom. The lowest BCUT2D eigenvalue weighted by atomic mass is 10.1. The fraction of sp³-hybridized carbons (Fsp3) is 0.143. The number of halogens is 1. The van der Waals surface area contributed by atoms with Crippen LogP contribution in [0.3, 0.4) is 0 Å². The van der Waals surface area contributed by atoms with Crippen molar-refractivity contribution in [2.45, 2.75) is 13.8 Å². The summed E-state index contributed by atoms with van der Waals surface area (Å²) in [6, 6.07) is 10.1. The lowest BCUT2D eigenvalue weighted by molar-refractivity contribution is 0.0696. The molecule has 2 aromatic carbocycles. The molecule has 30 heavy (non-hydrogen) atoms. The highest BCUT2D eigenvalue weighted by Gasteiger charge is 2.21. The summed E-state index contributed by atoms with van der Waals surface area (Å²) in [7, 11) is 1.45. The van der Waals surface area contributed by atoms with Crippen LogP contribution in [0.25, 0.3) is 28.7 Å². The molecule has 0 aliphatic carbocycles. The third-order valence-corrected chi connectivity index (χ3v) is 5.06. The number of hydrogen-bond donors (Lipinski definition) is 1. The molecule has 0 amide bonds. The number of aromatic nitrogens is 4. The van der Waals surface area contributed by atoms with Gasteiger partial charge in [-0.15, -0.1) is 0 Å². The van der Waals surface area contributed by atoms with E-state index in [2.05, 4.69) is 15.1 Å². The van der Waals surface area contributed by atoms with Gasteiger partial charge in [0.2, 0.25) is 5.82 Å². The molecule has 0 aliphatic rings. The summed E-state index contributed by atoms with van der Waals surface area (Å²) in [5.41, 5.74) is 3.76. The fourth-order valence-corrected chi connectivity index (χ4v) is 3.52. The van der Waals surface area contributed by atoms with Crippen LogP contribution in [-0.2, 0) is 0 Å². The summed E-state index contributed by atoms with van der Waals surface area (Å²) in [6.07, 6.45) is 1.66. The van der Waals surface area contributed by atoms with Crippen LogP contribution >= 0.6 is 11.6 Å². The summed E-state index contributed by atoms with van der Waals surface area (Å²) in [6.45, 7) is 3.86. The second kappa shape index (κ2) is 7.64. The van der Waals surface area contributed by atoms with Gasteiger partial charge in [-0.1, -0.05) is 28.9 Å². The van der Waals surface area contributed by atoms with Gasteiger partial charge in [0, 0.05) is 0 Å². The average molecular weight is 425 g/mol. The number of methoxy groups -OCH3 is 1. The first-order valence-corrected chi connectivity index (χ1v) is 9.33. The first kappa shape index (κ1) is 19.7. The van der Waals surface area contributed by atoms with Gasteiger partial charge in [-0.05, 0) is 43.7 Å². The number of benzene rings is 2. The molecule has 0 radical (unpaired) electrons. The SMILES string of the molecule is COc1cc(C(=O)O)ccc1-c1noc(-c2ncn(-c3c(C)cccc3Cl)c2C)n1. The average Bonchev–Trinajstić information content (AvgIpc) is 3.34. The van der Waals surface area contributed by atoms with Crippen molar-refractivity contribution >= 4 is 17.6 Å². The lowest BCUT2D eigenvalue weighted by Crippen LogP contribution is -1.99. The van der Waals surface area contributed by atoms with E-state index in [1.807, 2.05) is 36.6 Å². The van der Waals surface area contributed by atoms with Crippen LogP contribution in [-0.4, -0.2) is 37.9 Å². The normalized spacial score (nSPS) is 10.9. The molecule has 0 saturated carbocycles. The van der Waals surface area contributed by atoms with E-state index in [1.54, 1.807) is 12.4 Å². The van der Waals surface area contributed by atoms with E-state index in [4.69, 9.17) is 26.0 Å². The molecule has 1 N–H and O–H groups in total. The molecular weight excluding hydrogens is 408 g/mol. The summed E-state index contributed by atoms with van der Waals surface area (Å²) in [4.78, 5) is 20.0. The van der Waals surface area contributed by atoms with Crippen molar-refractivity contribution in [1.82, 2.24) is 19.7 Å². The van der Waals surface area contributed by atoms with Crippen molar-refractivity contribution < 1.29 is 19.2 Å². The first-order valence-electron chi connectivity index (χ1n) is 8.96. The van der Waals surface area contributed by atoms with Crippen LogP contribution in [0.2, 0.25) is 5.02 Å². The molecule has 0 unspecified atom stereocenters. The van der Waals surface area contributed by atoms with Crippen molar-refractivity contribution in [3.63, 3.8) is 0 Å². The van der Waals surface area contributed by atoms with Crippen LogP contribution in [0.15, 0.2) is 47.2 Å². The van der Waals surface area contributed by atoms with Crippen LogP contribution < -0.4 is 4.74 Å². The molecule has 152 valence electrons. The van der Waals surface area contributed by atoms with E-state index in [1.165, 1.54) is 19.2 Å². The number of ether oxygens (including phenoxy) is 1. The Labute approximate surface area is 176 Å². The Morgan fingerprint density at radius 2 is 2.03 bits per heavy atom. The van der Waals surface area contributed by atoms with Crippen LogP contribution in [0.5, 0.6) is 5.75 Å². The molecule has 0 saturated heterocycles. The largest absolute Gasteiger partial charge is 0.496 e. The van der Waals surface area contributed by atoms with E-state index in [9.17, 15) is 4.79 Å². The van der Waals surface area contributed by atoms with Crippen LogP contribution in [0, 0.1) is 13.8 Å². The molecule has 4 aromatic rings. The predicted molar refractivity (Wildman–Crippen MR) is 110 cm³/mol. The van der Waals surface area contributed by atoms with E-state index < -0.39 is 5.97 Å². The maximum atomic E-state index is 11.2. The minimum absolute atomic E-state index is 0.101. The molecule has 2 aromatic heterocycles. The quantitative estimate of drug-likeness (QED) is 0.500. The molecular formula is C21H17ClN4O4. The van der Waals surface area contributed by atoms with E-state index in [-0.39, 0.29) is 17.3 Å². The van der Waals surface area contributed by atoms with Gasteiger partial charge >= 0.3 is 5.97 Å². The molecule has 0 aliphatic heterocycles. The number of carboxylic acids is 1. The number of para-hydroxylation sites is 1. The predicted octanol–water partition coefficient (Wildman–Crippen LogP) is 4.57. The Morgan fingerprint density at radius 3 is 2.73 bits per heavy atom. The standard InChI is InChI=1S/C21H17ClN4O4/c1-11-5-4-6-15(22)18(11)26-10-23-17(12(26)2)20-24-19(25-30-20)14-8-7-13(21(27)28)9-16(14)29-3/h4-10H,1-3H3,(H,27,28). The Balaban J connectivity index is 1.74. The van der Waals surface area contributed by atoms with Crippen molar-refractivity contribution in [3.05, 3.63) is 64.6 Å². The van der Waals surface area contributed by atoms with Gasteiger partial charge in [-0.2, -0.15) is 4.98 Å². The van der Waals surface area contributed by atoms with Gasteiger partial charge in [0.25, 0.3) is 5.89 Å². The van der Waals surface area contributed by atoms with Crippen LogP contribution in [0.4, 0.5) is 0 Å². The van der Waals surface area contributed by atoms with Crippen LogP contribution in [0.1, 0.15) is 21.6 Å². The van der Waals surface area contributed by atoms with E-state index >= 15 is 0 Å². The highest BCUT2D eigenvalue weighted by atomic mass is 35.5. The highest BCUT2D eigenvalue weighted by molar-refractivity contribution is 6.32. The smallest absolute Gasteiger partial charge is 0.335 e. The third kappa shape index (κ3) is 3.31. The van der Waals surface area contributed by atoms with Crippen molar-refractivity contribution in [3.8, 4) is 34.4 Å². The maximum absolute atomic E-state index is 11.2. The molecule has 0 spiro atoms. The molecule has 0 atom stereocenters. The zero-order valence-corrected chi connectivity index (χ0v) is 17.1. The molecule has 0 bridgehead atoms. The van der Waals surface area contributed by atoms with E-state index in [0.29, 0.717) is 22.0 Å².